The van der Waals surface area contributed by atoms with Gasteiger partial charge in [-0.3, -0.25) is 0 Å². The van der Waals surface area contributed by atoms with Gasteiger partial charge in [0.2, 0.25) is 0 Å². The molecule has 2 aromatic carbocycles. The zero-order chi connectivity index (χ0) is 15.4. The molecule has 0 amide bonds. The van der Waals surface area contributed by atoms with Gasteiger partial charge in [0.1, 0.15) is 17.3 Å². The first-order valence-electron chi connectivity index (χ1n) is 6.67. The second-order valence-electron chi connectivity index (χ2n) is 4.64. The molecule has 0 bridgehead atoms. The van der Waals surface area contributed by atoms with Crippen molar-refractivity contribution < 1.29 is 9.13 Å². The van der Waals surface area contributed by atoms with Crippen LogP contribution in [0.5, 0.6) is 11.5 Å². The molecular weight excluding hydrogens is 312 g/mol. The van der Waals surface area contributed by atoms with E-state index in [0.29, 0.717) is 21.5 Å². The molecule has 21 heavy (non-hydrogen) atoms. The summed E-state index contributed by atoms with van der Waals surface area (Å²) in [5.74, 6) is 0.746. The number of benzene rings is 2. The van der Waals surface area contributed by atoms with Crippen LogP contribution in [-0.4, -0.2) is 6.54 Å². The van der Waals surface area contributed by atoms with Crippen LogP contribution in [0.4, 0.5) is 4.39 Å². The van der Waals surface area contributed by atoms with Crippen LogP contribution < -0.4 is 10.1 Å². The van der Waals surface area contributed by atoms with E-state index in [0.717, 1.165) is 12.1 Å². The highest BCUT2D eigenvalue weighted by molar-refractivity contribution is 6.35. The number of ether oxygens (including phenoxy) is 1. The van der Waals surface area contributed by atoms with Gasteiger partial charge in [0.25, 0.3) is 0 Å². The molecule has 1 unspecified atom stereocenters. The summed E-state index contributed by atoms with van der Waals surface area (Å²) < 4.78 is 19.3. The van der Waals surface area contributed by atoms with E-state index in [-0.39, 0.29) is 11.9 Å². The van der Waals surface area contributed by atoms with Crippen molar-refractivity contribution >= 4 is 23.2 Å². The Balaban J connectivity index is 2.34. The smallest absolute Gasteiger partial charge is 0.146 e. The van der Waals surface area contributed by atoms with E-state index in [1.807, 2.05) is 13.8 Å². The fraction of sp³-hybridized carbons (Fsp3) is 0.250. The van der Waals surface area contributed by atoms with Gasteiger partial charge in [-0.2, -0.15) is 0 Å². The number of halogens is 3. The van der Waals surface area contributed by atoms with E-state index in [1.54, 1.807) is 24.3 Å². The predicted octanol–water partition coefficient (Wildman–Crippen LogP) is 5.60. The zero-order valence-corrected chi connectivity index (χ0v) is 13.3. The predicted molar refractivity (Wildman–Crippen MR) is 85.0 cm³/mol. The highest BCUT2D eigenvalue weighted by Gasteiger charge is 2.14. The van der Waals surface area contributed by atoms with E-state index in [2.05, 4.69) is 5.32 Å². The number of hydrogen-bond acceptors (Lipinski definition) is 2. The number of hydrogen-bond donors (Lipinski definition) is 1. The van der Waals surface area contributed by atoms with Crippen molar-refractivity contribution in [3.63, 3.8) is 0 Å². The summed E-state index contributed by atoms with van der Waals surface area (Å²) >= 11 is 12.0. The van der Waals surface area contributed by atoms with Gasteiger partial charge in [0, 0.05) is 16.6 Å². The van der Waals surface area contributed by atoms with Crippen molar-refractivity contribution in [3.05, 3.63) is 57.8 Å². The monoisotopic (exact) mass is 327 g/mol. The van der Waals surface area contributed by atoms with Crippen LogP contribution in [0, 0.1) is 5.82 Å². The van der Waals surface area contributed by atoms with E-state index in [1.165, 1.54) is 12.1 Å². The lowest BCUT2D eigenvalue weighted by Gasteiger charge is -2.18. The Morgan fingerprint density at radius 2 is 1.86 bits per heavy atom. The molecule has 0 radical (unpaired) electrons. The van der Waals surface area contributed by atoms with Crippen molar-refractivity contribution in [3.8, 4) is 11.5 Å². The lowest BCUT2D eigenvalue weighted by molar-refractivity contribution is 0.460. The van der Waals surface area contributed by atoms with Crippen LogP contribution in [0.15, 0.2) is 36.4 Å². The molecule has 2 aromatic rings. The van der Waals surface area contributed by atoms with Gasteiger partial charge in [0.15, 0.2) is 0 Å². The molecule has 0 heterocycles. The van der Waals surface area contributed by atoms with E-state index in [9.17, 15) is 4.39 Å². The average Bonchev–Trinajstić information content (AvgIpc) is 2.43. The van der Waals surface area contributed by atoms with E-state index in [4.69, 9.17) is 27.9 Å². The quantitative estimate of drug-likeness (QED) is 0.772. The molecule has 0 saturated heterocycles. The molecule has 2 rings (SSSR count). The minimum Gasteiger partial charge on any atom is -0.455 e. The van der Waals surface area contributed by atoms with Crippen LogP contribution in [0.2, 0.25) is 10.0 Å². The fourth-order valence-corrected chi connectivity index (χ4v) is 2.49. The Morgan fingerprint density at radius 3 is 2.52 bits per heavy atom. The molecule has 1 atom stereocenters. The first-order chi connectivity index (χ1) is 10.0. The molecule has 0 aliphatic heterocycles. The average molecular weight is 328 g/mol. The number of nitrogens with one attached hydrogen (secondary N) is 1. The Kier molecular flexibility index (Phi) is 5.45. The lowest BCUT2D eigenvalue weighted by Crippen LogP contribution is -2.18. The topological polar surface area (TPSA) is 21.3 Å². The van der Waals surface area contributed by atoms with Gasteiger partial charge in [-0.15, -0.1) is 0 Å². The molecular formula is C16H16Cl2FNO. The number of rotatable bonds is 5. The summed E-state index contributed by atoms with van der Waals surface area (Å²) in [6, 6.07) is 9.38. The van der Waals surface area contributed by atoms with Crippen LogP contribution >= 0.6 is 23.2 Å². The van der Waals surface area contributed by atoms with Gasteiger partial charge < -0.3 is 10.1 Å². The van der Waals surface area contributed by atoms with Crippen molar-refractivity contribution in [2.24, 2.45) is 0 Å². The molecule has 0 aromatic heterocycles. The second-order valence-corrected chi connectivity index (χ2v) is 5.48. The maximum absolute atomic E-state index is 13.5. The summed E-state index contributed by atoms with van der Waals surface area (Å²) in [7, 11) is 0. The van der Waals surface area contributed by atoms with E-state index < -0.39 is 0 Å². The standard InChI is InChI=1S/C16H16Cl2FNO/c1-3-20-10(2)13-9-12(19)5-7-15(13)21-16-6-4-11(17)8-14(16)18/h4-10,20H,3H2,1-2H3. The van der Waals surface area contributed by atoms with Crippen molar-refractivity contribution in [1.29, 1.82) is 0 Å². The Labute approximate surface area is 133 Å². The zero-order valence-electron chi connectivity index (χ0n) is 11.8. The van der Waals surface area contributed by atoms with Crippen LogP contribution in [0.1, 0.15) is 25.5 Å². The fourth-order valence-electron chi connectivity index (χ4n) is 2.04. The summed E-state index contributed by atoms with van der Waals surface area (Å²) in [6.45, 7) is 4.72. The summed E-state index contributed by atoms with van der Waals surface area (Å²) in [5, 5.41) is 4.18. The normalized spacial score (nSPS) is 12.2. The molecule has 0 aliphatic carbocycles. The molecule has 0 fully saturated rings. The molecule has 2 nitrogen and oxygen atoms in total. The molecule has 0 saturated carbocycles. The minimum atomic E-state index is -0.302. The third-order valence-electron chi connectivity index (χ3n) is 3.06. The Hall–Kier alpha value is -1.29. The third-order valence-corrected chi connectivity index (χ3v) is 3.59. The maximum atomic E-state index is 13.5. The first kappa shape index (κ1) is 16.1. The molecule has 0 spiro atoms. The first-order valence-corrected chi connectivity index (χ1v) is 7.42. The van der Waals surface area contributed by atoms with Gasteiger partial charge in [0.05, 0.1) is 5.02 Å². The Morgan fingerprint density at radius 1 is 1.14 bits per heavy atom. The van der Waals surface area contributed by atoms with Crippen LogP contribution in [-0.2, 0) is 0 Å². The van der Waals surface area contributed by atoms with Crippen LogP contribution in [0.3, 0.4) is 0 Å². The second kappa shape index (κ2) is 7.12. The summed E-state index contributed by atoms with van der Waals surface area (Å²) in [4.78, 5) is 0. The largest absolute Gasteiger partial charge is 0.455 e. The van der Waals surface area contributed by atoms with Crippen molar-refractivity contribution in [2.45, 2.75) is 19.9 Å². The highest BCUT2D eigenvalue weighted by Crippen LogP contribution is 2.35. The van der Waals surface area contributed by atoms with Gasteiger partial charge in [-0.25, -0.2) is 4.39 Å². The summed E-state index contributed by atoms with van der Waals surface area (Å²) in [5.41, 5.74) is 0.739. The van der Waals surface area contributed by atoms with E-state index >= 15 is 0 Å². The van der Waals surface area contributed by atoms with Crippen molar-refractivity contribution in [2.75, 3.05) is 6.54 Å². The third kappa shape index (κ3) is 4.10. The molecule has 112 valence electrons. The van der Waals surface area contributed by atoms with Gasteiger partial charge in [-0.05, 0) is 49.9 Å². The van der Waals surface area contributed by atoms with Crippen molar-refractivity contribution in [1.82, 2.24) is 5.32 Å². The molecule has 1 N–H and O–H groups in total. The molecule has 0 aliphatic rings. The Bertz CT molecular complexity index is 634. The summed E-state index contributed by atoms with van der Waals surface area (Å²) in [6.07, 6.45) is 0. The molecule has 5 heteroatoms. The highest BCUT2D eigenvalue weighted by atomic mass is 35.5. The van der Waals surface area contributed by atoms with Gasteiger partial charge in [-0.1, -0.05) is 30.1 Å². The van der Waals surface area contributed by atoms with Gasteiger partial charge >= 0.3 is 0 Å². The minimum absolute atomic E-state index is 0.0354. The SMILES string of the molecule is CCNC(C)c1cc(F)ccc1Oc1ccc(Cl)cc1Cl. The maximum Gasteiger partial charge on any atom is 0.146 e. The lowest BCUT2D eigenvalue weighted by atomic mass is 10.1. The van der Waals surface area contributed by atoms with Crippen LogP contribution in [0.25, 0.3) is 0 Å².